The molecule has 8 heteroatoms. The lowest BCUT2D eigenvalue weighted by Gasteiger charge is -2.10. The number of methoxy groups -OCH3 is 1. The number of benzene rings is 1. The zero-order valence-corrected chi connectivity index (χ0v) is 12.2. The normalized spacial score (nSPS) is 10.5. The van der Waals surface area contributed by atoms with Crippen molar-refractivity contribution in [3.8, 4) is 11.4 Å². The molecule has 1 aromatic heterocycles. The molecular formula is C13H13ClFN3O3. The van der Waals surface area contributed by atoms with Crippen molar-refractivity contribution in [2.45, 2.75) is 12.8 Å². The number of hydrogen-bond acceptors (Lipinski definition) is 5. The topological polar surface area (TPSA) is 66.2 Å². The third-order valence-electron chi connectivity index (χ3n) is 2.76. The average Bonchev–Trinajstić information content (AvgIpc) is 2.97. The van der Waals surface area contributed by atoms with Crippen LogP contribution in [-0.2, 0) is 10.6 Å². The fraction of sp³-hybridized carbons (Fsp3) is 0.308. The largest absolute Gasteiger partial charge is 0.494 e. The van der Waals surface area contributed by atoms with Crippen LogP contribution in [0.3, 0.4) is 0 Å². The van der Waals surface area contributed by atoms with Crippen LogP contribution < -0.4 is 4.74 Å². The Hall–Kier alpha value is -2.15. The first-order valence-electron chi connectivity index (χ1n) is 6.13. The SMILES string of the molecule is CCOC(=O)c1cn(-c2ccc(OC)c(F)c2CCl)nn1. The summed E-state index contributed by atoms with van der Waals surface area (Å²) >= 11 is 5.79. The minimum atomic E-state index is -0.592. The van der Waals surface area contributed by atoms with Crippen molar-refractivity contribution in [2.24, 2.45) is 0 Å². The van der Waals surface area contributed by atoms with E-state index in [1.165, 1.54) is 24.1 Å². The van der Waals surface area contributed by atoms with Crippen molar-refractivity contribution in [1.29, 1.82) is 0 Å². The van der Waals surface area contributed by atoms with Crippen molar-refractivity contribution in [3.05, 3.63) is 35.4 Å². The van der Waals surface area contributed by atoms with Gasteiger partial charge < -0.3 is 9.47 Å². The monoisotopic (exact) mass is 313 g/mol. The molecular weight excluding hydrogens is 301 g/mol. The molecule has 2 aromatic rings. The molecule has 0 saturated carbocycles. The molecule has 1 heterocycles. The highest BCUT2D eigenvalue weighted by atomic mass is 35.5. The summed E-state index contributed by atoms with van der Waals surface area (Å²) in [6.45, 7) is 1.92. The van der Waals surface area contributed by atoms with Crippen molar-refractivity contribution in [1.82, 2.24) is 15.0 Å². The molecule has 112 valence electrons. The number of nitrogens with zero attached hydrogens (tertiary/aromatic N) is 3. The highest BCUT2D eigenvalue weighted by Crippen LogP contribution is 2.27. The van der Waals surface area contributed by atoms with Gasteiger partial charge in [-0.2, -0.15) is 0 Å². The number of alkyl halides is 1. The molecule has 1 aromatic carbocycles. The van der Waals surface area contributed by atoms with Crippen LogP contribution in [-0.4, -0.2) is 34.7 Å². The van der Waals surface area contributed by atoms with E-state index in [1.807, 2.05) is 0 Å². The molecule has 0 radical (unpaired) electrons. The van der Waals surface area contributed by atoms with Gasteiger partial charge in [0.1, 0.15) is 0 Å². The number of carbonyl (C=O) groups excluding carboxylic acids is 1. The van der Waals surface area contributed by atoms with Gasteiger partial charge in [-0.1, -0.05) is 5.21 Å². The lowest BCUT2D eigenvalue weighted by molar-refractivity contribution is 0.0519. The Morgan fingerprint density at radius 2 is 2.24 bits per heavy atom. The van der Waals surface area contributed by atoms with E-state index in [2.05, 4.69) is 10.3 Å². The third kappa shape index (κ3) is 2.97. The number of esters is 1. The van der Waals surface area contributed by atoms with Gasteiger partial charge in [0.25, 0.3) is 0 Å². The van der Waals surface area contributed by atoms with Crippen LogP contribution in [0.5, 0.6) is 5.75 Å². The maximum Gasteiger partial charge on any atom is 0.360 e. The number of aromatic nitrogens is 3. The highest BCUT2D eigenvalue weighted by Gasteiger charge is 2.18. The number of ether oxygens (including phenoxy) is 2. The second-order valence-corrected chi connectivity index (χ2v) is 4.25. The first kappa shape index (κ1) is 15.2. The van der Waals surface area contributed by atoms with Crippen LogP contribution in [0.25, 0.3) is 5.69 Å². The summed E-state index contributed by atoms with van der Waals surface area (Å²) in [5.74, 6) is -1.16. The Bertz CT molecular complexity index is 660. The summed E-state index contributed by atoms with van der Waals surface area (Å²) in [5, 5.41) is 7.50. The quantitative estimate of drug-likeness (QED) is 0.626. The summed E-state index contributed by atoms with van der Waals surface area (Å²) in [5.41, 5.74) is 0.622. The molecule has 0 saturated heterocycles. The molecule has 0 unspecified atom stereocenters. The predicted molar refractivity (Wildman–Crippen MR) is 73.4 cm³/mol. The van der Waals surface area contributed by atoms with E-state index in [0.717, 1.165) is 0 Å². The third-order valence-corrected chi connectivity index (χ3v) is 3.03. The lowest BCUT2D eigenvalue weighted by Crippen LogP contribution is -2.05. The molecule has 2 rings (SSSR count). The van der Waals surface area contributed by atoms with Gasteiger partial charge in [0.05, 0.1) is 31.5 Å². The maximum absolute atomic E-state index is 14.1. The summed E-state index contributed by atoms with van der Waals surface area (Å²) in [7, 11) is 1.37. The smallest absolute Gasteiger partial charge is 0.360 e. The molecule has 0 atom stereocenters. The molecule has 21 heavy (non-hydrogen) atoms. The molecule has 0 amide bonds. The highest BCUT2D eigenvalue weighted by molar-refractivity contribution is 6.17. The van der Waals surface area contributed by atoms with Gasteiger partial charge in [0, 0.05) is 5.56 Å². The summed E-state index contributed by atoms with van der Waals surface area (Å²) in [4.78, 5) is 11.6. The fourth-order valence-corrected chi connectivity index (χ4v) is 2.02. The molecule has 6 nitrogen and oxygen atoms in total. The Morgan fingerprint density at radius 3 is 2.86 bits per heavy atom. The first-order valence-corrected chi connectivity index (χ1v) is 6.67. The summed E-state index contributed by atoms with van der Waals surface area (Å²) in [6.07, 6.45) is 1.36. The van der Waals surface area contributed by atoms with Crippen LogP contribution in [0.1, 0.15) is 23.0 Å². The van der Waals surface area contributed by atoms with E-state index in [-0.39, 0.29) is 29.5 Å². The number of rotatable bonds is 5. The number of hydrogen-bond donors (Lipinski definition) is 0. The molecule has 0 aliphatic heterocycles. The molecule has 0 aliphatic rings. The molecule has 0 spiro atoms. The zero-order valence-electron chi connectivity index (χ0n) is 11.5. The second-order valence-electron chi connectivity index (χ2n) is 3.98. The summed E-state index contributed by atoms with van der Waals surface area (Å²) in [6, 6.07) is 3.04. The van der Waals surface area contributed by atoms with Gasteiger partial charge in [-0.3, -0.25) is 0 Å². The van der Waals surface area contributed by atoms with E-state index in [9.17, 15) is 9.18 Å². The molecule has 0 fully saturated rings. The van der Waals surface area contributed by atoms with E-state index >= 15 is 0 Å². The van der Waals surface area contributed by atoms with Crippen molar-refractivity contribution < 1.29 is 18.7 Å². The maximum atomic E-state index is 14.1. The summed E-state index contributed by atoms with van der Waals surface area (Å²) < 4.78 is 25.1. The van der Waals surface area contributed by atoms with Crippen LogP contribution in [0.4, 0.5) is 4.39 Å². The fourth-order valence-electron chi connectivity index (χ4n) is 1.77. The van der Waals surface area contributed by atoms with Crippen molar-refractivity contribution >= 4 is 17.6 Å². The van der Waals surface area contributed by atoms with Gasteiger partial charge >= 0.3 is 5.97 Å². The van der Waals surface area contributed by atoms with Gasteiger partial charge in [0.15, 0.2) is 17.3 Å². The van der Waals surface area contributed by atoms with Gasteiger partial charge in [-0.25, -0.2) is 13.9 Å². The predicted octanol–water partition coefficient (Wildman–Crippen LogP) is 2.33. The van der Waals surface area contributed by atoms with E-state index < -0.39 is 11.8 Å². The van der Waals surface area contributed by atoms with Gasteiger partial charge in [0.2, 0.25) is 0 Å². The number of halogens is 2. The first-order chi connectivity index (χ1) is 10.1. The van der Waals surface area contributed by atoms with Crippen LogP contribution in [0.15, 0.2) is 18.3 Å². The Labute approximate surface area is 125 Å². The van der Waals surface area contributed by atoms with Crippen LogP contribution in [0, 0.1) is 5.82 Å². The van der Waals surface area contributed by atoms with E-state index in [4.69, 9.17) is 21.1 Å². The Morgan fingerprint density at radius 1 is 1.48 bits per heavy atom. The Balaban J connectivity index is 2.43. The lowest BCUT2D eigenvalue weighted by atomic mass is 10.1. The van der Waals surface area contributed by atoms with E-state index in [0.29, 0.717) is 5.69 Å². The number of carbonyl (C=O) groups is 1. The molecule has 0 N–H and O–H groups in total. The standard InChI is InChI=1S/C13H13ClFN3O3/c1-3-21-13(19)9-7-18(17-16-9)10-4-5-11(20-2)12(15)8(10)6-14/h4-5,7H,3,6H2,1-2H3. The second kappa shape index (κ2) is 6.53. The van der Waals surface area contributed by atoms with Crippen LogP contribution >= 0.6 is 11.6 Å². The Kier molecular flexibility index (Phi) is 4.74. The molecule has 0 bridgehead atoms. The van der Waals surface area contributed by atoms with Crippen molar-refractivity contribution in [3.63, 3.8) is 0 Å². The van der Waals surface area contributed by atoms with E-state index in [1.54, 1.807) is 13.0 Å². The minimum absolute atomic E-state index is 0.0357. The minimum Gasteiger partial charge on any atom is -0.494 e. The average molecular weight is 314 g/mol. The zero-order chi connectivity index (χ0) is 15.4. The van der Waals surface area contributed by atoms with Crippen molar-refractivity contribution in [2.75, 3.05) is 13.7 Å². The van der Waals surface area contributed by atoms with Crippen LogP contribution in [0.2, 0.25) is 0 Å². The van der Waals surface area contributed by atoms with Gasteiger partial charge in [-0.05, 0) is 19.1 Å². The van der Waals surface area contributed by atoms with Gasteiger partial charge in [-0.15, -0.1) is 16.7 Å². The molecule has 0 aliphatic carbocycles.